The maximum absolute atomic E-state index is 5.24. The molecule has 31 heavy (non-hydrogen) atoms. The average Bonchev–Trinajstić information content (AvgIpc) is 3.64. The minimum atomic E-state index is 0.800. The fourth-order valence-corrected chi connectivity index (χ4v) is 5.24. The van der Waals surface area contributed by atoms with Gasteiger partial charge in [-0.15, -0.1) is 0 Å². The molecule has 1 aromatic heterocycles. The SMILES string of the molecule is CCc1cccc(CC)c1-c1cc(C)c2c(n1)CCN(c1cc(C3CC3)ccc1C)C2. The zero-order valence-corrected chi connectivity index (χ0v) is 19.5. The molecule has 0 atom stereocenters. The van der Waals surface area contributed by atoms with E-state index in [1.165, 1.54) is 68.9 Å². The van der Waals surface area contributed by atoms with Crippen molar-refractivity contribution in [3.63, 3.8) is 0 Å². The highest BCUT2D eigenvalue weighted by molar-refractivity contribution is 5.70. The van der Waals surface area contributed by atoms with E-state index in [0.29, 0.717) is 0 Å². The zero-order valence-electron chi connectivity index (χ0n) is 19.5. The van der Waals surface area contributed by atoms with Crippen LogP contribution >= 0.6 is 0 Å². The molecular weight excluding hydrogens is 376 g/mol. The van der Waals surface area contributed by atoms with Crippen LogP contribution in [0.5, 0.6) is 0 Å². The molecule has 0 N–H and O–H groups in total. The minimum absolute atomic E-state index is 0.800. The van der Waals surface area contributed by atoms with Crippen molar-refractivity contribution in [2.75, 3.05) is 11.4 Å². The van der Waals surface area contributed by atoms with Crippen LogP contribution in [0.15, 0.2) is 42.5 Å². The van der Waals surface area contributed by atoms with E-state index in [1.807, 2.05) is 0 Å². The molecule has 0 saturated heterocycles. The molecule has 1 saturated carbocycles. The van der Waals surface area contributed by atoms with Crippen LogP contribution in [0.4, 0.5) is 5.69 Å². The van der Waals surface area contributed by atoms with Crippen molar-refractivity contribution in [1.82, 2.24) is 4.98 Å². The Labute approximate surface area is 187 Å². The lowest BCUT2D eigenvalue weighted by atomic mass is 9.92. The van der Waals surface area contributed by atoms with Crippen LogP contribution in [0.1, 0.15) is 71.7 Å². The lowest BCUT2D eigenvalue weighted by molar-refractivity contribution is 0.706. The van der Waals surface area contributed by atoms with Crippen molar-refractivity contribution in [2.45, 2.75) is 72.3 Å². The molecule has 160 valence electrons. The van der Waals surface area contributed by atoms with E-state index in [2.05, 4.69) is 75.1 Å². The maximum atomic E-state index is 5.24. The second-order valence-corrected chi connectivity index (χ2v) is 9.40. The molecule has 0 unspecified atom stereocenters. The molecule has 2 heteroatoms. The Morgan fingerprint density at radius 2 is 1.68 bits per heavy atom. The van der Waals surface area contributed by atoms with Gasteiger partial charge in [0.25, 0.3) is 0 Å². The summed E-state index contributed by atoms with van der Waals surface area (Å²) >= 11 is 0. The molecule has 2 heterocycles. The number of nitrogens with zero attached hydrogens (tertiary/aromatic N) is 2. The Kier molecular flexibility index (Phi) is 5.33. The van der Waals surface area contributed by atoms with Crippen LogP contribution in [0, 0.1) is 13.8 Å². The highest BCUT2D eigenvalue weighted by Gasteiger charge is 2.26. The normalized spacial score (nSPS) is 15.8. The van der Waals surface area contributed by atoms with Gasteiger partial charge in [-0.2, -0.15) is 0 Å². The minimum Gasteiger partial charge on any atom is -0.367 e. The smallest absolute Gasteiger partial charge is 0.0713 e. The van der Waals surface area contributed by atoms with Crippen molar-refractivity contribution in [2.24, 2.45) is 0 Å². The number of hydrogen-bond donors (Lipinski definition) is 0. The highest BCUT2D eigenvalue weighted by Crippen LogP contribution is 2.42. The van der Waals surface area contributed by atoms with Gasteiger partial charge >= 0.3 is 0 Å². The van der Waals surface area contributed by atoms with Crippen LogP contribution in [0.2, 0.25) is 0 Å². The zero-order chi connectivity index (χ0) is 21.5. The topological polar surface area (TPSA) is 16.1 Å². The van der Waals surface area contributed by atoms with E-state index in [9.17, 15) is 0 Å². The van der Waals surface area contributed by atoms with E-state index in [-0.39, 0.29) is 0 Å². The molecule has 0 radical (unpaired) electrons. The summed E-state index contributed by atoms with van der Waals surface area (Å²) in [7, 11) is 0. The molecule has 1 fully saturated rings. The average molecular weight is 411 g/mol. The first-order valence-corrected chi connectivity index (χ1v) is 12.0. The summed E-state index contributed by atoms with van der Waals surface area (Å²) in [4.78, 5) is 7.82. The van der Waals surface area contributed by atoms with Gasteiger partial charge in [-0.1, -0.05) is 44.2 Å². The van der Waals surface area contributed by atoms with Gasteiger partial charge in [0.15, 0.2) is 0 Å². The summed E-state index contributed by atoms with van der Waals surface area (Å²) in [6.45, 7) is 11.1. The summed E-state index contributed by atoms with van der Waals surface area (Å²) in [6, 6.07) is 16.2. The fraction of sp³-hybridized carbons (Fsp3) is 0.414. The third kappa shape index (κ3) is 3.78. The van der Waals surface area contributed by atoms with Crippen molar-refractivity contribution in [1.29, 1.82) is 0 Å². The Morgan fingerprint density at radius 1 is 0.935 bits per heavy atom. The molecule has 0 bridgehead atoms. The molecule has 0 amide bonds. The van der Waals surface area contributed by atoms with E-state index in [0.717, 1.165) is 38.3 Å². The van der Waals surface area contributed by atoms with Crippen molar-refractivity contribution in [3.8, 4) is 11.3 Å². The third-order valence-corrected chi connectivity index (χ3v) is 7.28. The quantitative estimate of drug-likeness (QED) is 0.453. The van der Waals surface area contributed by atoms with E-state index < -0.39 is 0 Å². The summed E-state index contributed by atoms with van der Waals surface area (Å²) in [6.07, 6.45) is 5.83. The van der Waals surface area contributed by atoms with Crippen LogP contribution < -0.4 is 4.90 Å². The first-order chi connectivity index (χ1) is 15.1. The summed E-state index contributed by atoms with van der Waals surface area (Å²) in [5.74, 6) is 0.800. The van der Waals surface area contributed by atoms with Gasteiger partial charge in [0.05, 0.1) is 5.69 Å². The highest BCUT2D eigenvalue weighted by atomic mass is 15.1. The van der Waals surface area contributed by atoms with Gasteiger partial charge in [-0.05, 0) is 91.0 Å². The first kappa shape index (κ1) is 20.3. The molecule has 5 rings (SSSR count). The number of aryl methyl sites for hydroxylation is 4. The van der Waals surface area contributed by atoms with Crippen LogP contribution in [0.25, 0.3) is 11.3 Å². The second kappa shape index (κ2) is 8.15. The Hall–Kier alpha value is -2.61. The van der Waals surface area contributed by atoms with Crippen molar-refractivity contribution in [3.05, 3.63) is 81.5 Å². The monoisotopic (exact) mass is 410 g/mol. The number of rotatable bonds is 5. The molecule has 1 aliphatic carbocycles. The van der Waals surface area contributed by atoms with E-state index in [4.69, 9.17) is 4.98 Å². The number of benzene rings is 2. The predicted octanol–water partition coefficient (Wildman–Crippen LogP) is 6.93. The van der Waals surface area contributed by atoms with Crippen LogP contribution in [0.3, 0.4) is 0 Å². The molecule has 1 aliphatic heterocycles. The lowest BCUT2D eigenvalue weighted by Crippen LogP contribution is -2.32. The van der Waals surface area contributed by atoms with Gasteiger partial charge in [-0.3, -0.25) is 4.98 Å². The van der Waals surface area contributed by atoms with Gasteiger partial charge in [0.2, 0.25) is 0 Å². The maximum Gasteiger partial charge on any atom is 0.0713 e. The Bertz CT molecular complexity index is 1100. The van der Waals surface area contributed by atoms with Gasteiger partial charge in [0.1, 0.15) is 0 Å². The molecular formula is C29H34N2. The summed E-state index contributed by atoms with van der Waals surface area (Å²) in [5.41, 5.74) is 13.8. The Balaban J connectivity index is 1.51. The van der Waals surface area contributed by atoms with Gasteiger partial charge < -0.3 is 4.90 Å². The van der Waals surface area contributed by atoms with Crippen LogP contribution in [-0.2, 0) is 25.8 Å². The van der Waals surface area contributed by atoms with Crippen molar-refractivity contribution < 1.29 is 0 Å². The largest absolute Gasteiger partial charge is 0.367 e. The van der Waals surface area contributed by atoms with E-state index in [1.54, 1.807) is 0 Å². The molecule has 2 aromatic carbocycles. The summed E-state index contributed by atoms with van der Waals surface area (Å²) in [5, 5.41) is 0. The number of fused-ring (bicyclic) bond motifs is 1. The van der Waals surface area contributed by atoms with Gasteiger partial charge in [0, 0.05) is 36.5 Å². The van der Waals surface area contributed by atoms with Crippen molar-refractivity contribution >= 4 is 5.69 Å². The number of pyridine rings is 1. The number of anilines is 1. The molecule has 0 spiro atoms. The number of aromatic nitrogens is 1. The molecule has 2 aliphatic rings. The standard InChI is InChI=1S/C29H34N2/c1-5-21-8-7-9-22(6-2)29(21)27-16-20(4)25-18-31(15-14-26(25)30-27)28-17-24(23-12-13-23)11-10-19(28)3/h7-11,16-17,23H,5-6,12-15,18H2,1-4H3. The summed E-state index contributed by atoms with van der Waals surface area (Å²) < 4.78 is 0. The molecule has 2 nitrogen and oxygen atoms in total. The fourth-order valence-electron chi connectivity index (χ4n) is 5.24. The number of hydrogen-bond acceptors (Lipinski definition) is 2. The molecule has 3 aromatic rings. The second-order valence-electron chi connectivity index (χ2n) is 9.40. The third-order valence-electron chi connectivity index (χ3n) is 7.28. The van der Waals surface area contributed by atoms with Gasteiger partial charge in [-0.25, -0.2) is 0 Å². The predicted molar refractivity (Wildman–Crippen MR) is 131 cm³/mol. The van der Waals surface area contributed by atoms with Crippen LogP contribution in [-0.4, -0.2) is 11.5 Å². The first-order valence-electron chi connectivity index (χ1n) is 12.0. The lowest BCUT2D eigenvalue weighted by Gasteiger charge is -2.33. The Morgan fingerprint density at radius 3 is 2.35 bits per heavy atom. The van der Waals surface area contributed by atoms with E-state index >= 15 is 0 Å².